The smallest absolute Gasteiger partial charge is 0.208 e. The van der Waals surface area contributed by atoms with Crippen LogP contribution in [-0.4, -0.2) is 46.6 Å². The summed E-state index contributed by atoms with van der Waals surface area (Å²) in [5.41, 5.74) is 1.91. The first-order valence-electron chi connectivity index (χ1n) is 8.35. The van der Waals surface area contributed by atoms with Crippen LogP contribution in [0.25, 0.3) is 0 Å². The van der Waals surface area contributed by atoms with Crippen LogP contribution in [-0.2, 0) is 16.1 Å². The van der Waals surface area contributed by atoms with E-state index >= 15 is 0 Å². The van der Waals surface area contributed by atoms with Crippen molar-refractivity contribution in [1.29, 1.82) is 0 Å². The Morgan fingerprint density at radius 3 is 3.08 bits per heavy atom. The Labute approximate surface area is 145 Å². The van der Waals surface area contributed by atoms with Crippen molar-refractivity contribution >= 4 is 16.5 Å². The molecule has 2 aromatic rings. The van der Waals surface area contributed by atoms with Crippen LogP contribution in [0.2, 0.25) is 0 Å². The van der Waals surface area contributed by atoms with E-state index in [-0.39, 0.29) is 11.7 Å². The molecule has 0 N–H and O–H groups in total. The number of ether oxygens (including phenoxy) is 2. The molecule has 128 valence electrons. The Hall–Kier alpha value is -1.57. The van der Waals surface area contributed by atoms with Gasteiger partial charge in [0.25, 0.3) is 0 Å². The van der Waals surface area contributed by atoms with E-state index in [9.17, 15) is 0 Å². The molecule has 7 heteroatoms. The molecule has 2 saturated heterocycles. The van der Waals surface area contributed by atoms with Crippen LogP contribution in [0.5, 0.6) is 0 Å². The molecule has 0 amide bonds. The van der Waals surface area contributed by atoms with Gasteiger partial charge in [-0.1, -0.05) is 17.4 Å². The van der Waals surface area contributed by atoms with Crippen molar-refractivity contribution in [1.82, 2.24) is 15.2 Å². The zero-order valence-electron chi connectivity index (χ0n) is 14.1. The maximum Gasteiger partial charge on any atom is 0.208 e. The van der Waals surface area contributed by atoms with Crippen LogP contribution >= 0.6 is 11.3 Å². The largest absolute Gasteiger partial charge is 0.370 e. The van der Waals surface area contributed by atoms with Crippen molar-refractivity contribution in [3.63, 3.8) is 0 Å². The standard InChI is InChI=1S/C17H22N4O2S/c1-12-4-3-5-14(18-12)9-22-15-8-17(23-10-15)6-7-21(11-17)16-20-19-13(2)24-16/h3-5,15H,6-11H2,1-2H3/t15-,17+/m1/s1. The molecule has 2 fully saturated rings. The highest BCUT2D eigenvalue weighted by Gasteiger charge is 2.46. The van der Waals surface area contributed by atoms with Crippen LogP contribution in [0.15, 0.2) is 18.2 Å². The van der Waals surface area contributed by atoms with Crippen molar-refractivity contribution in [3.8, 4) is 0 Å². The molecule has 0 aromatic carbocycles. The number of nitrogens with zero attached hydrogens (tertiary/aromatic N) is 4. The fourth-order valence-electron chi connectivity index (χ4n) is 3.50. The summed E-state index contributed by atoms with van der Waals surface area (Å²) in [5, 5.41) is 10.4. The summed E-state index contributed by atoms with van der Waals surface area (Å²) in [7, 11) is 0. The van der Waals surface area contributed by atoms with Gasteiger partial charge in [-0.2, -0.15) is 0 Å². The average Bonchev–Trinajstić information content (AvgIpc) is 3.27. The summed E-state index contributed by atoms with van der Waals surface area (Å²) in [4.78, 5) is 6.78. The van der Waals surface area contributed by atoms with E-state index in [1.165, 1.54) is 0 Å². The molecule has 6 nitrogen and oxygen atoms in total. The Bertz CT molecular complexity index is 722. The molecular formula is C17H22N4O2S. The quantitative estimate of drug-likeness (QED) is 0.848. The molecule has 0 radical (unpaired) electrons. The van der Waals surface area contributed by atoms with Gasteiger partial charge in [-0.15, -0.1) is 10.2 Å². The third kappa shape index (κ3) is 3.29. The SMILES string of the molecule is Cc1cccc(CO[C@H]2CO[C@@]3(CCN(c4nnc(C)s4)C3)C2)n1. The summed E-state index contributed by atoms with van der Waals surface area (Å²) >= 11 is 1.65. The molecule has 2 aromatic heterocycles. The van der Waals surface area contributed by atoms with Gasteiger partial charge in [0.15, 0.2) is 0 Å². The van der Waals surface area contributed by atoms with Crippen LogP contribution in [0.4, 0.5) is 5.13 Å². The molecule has 0 aliphatic carbocycles. The summed E-state index contributed by atoms with van der Waals surface area (Å²) in [6, 6.07) is 6.03. The maximum atomic E-state index is 6.15. The average molecular weight is 346 g/mol. The minimum atomic E-state index is -0.0930. The summed E-state index contributed by atoms with van der Waals surface area (Å²) in [5.74, 6) is 0. The van der Waals surface area contributed by atoms with E-state index in [1.807, 2.05) is 32.0 Å². The van der Waals surface area contributed by atoms with E-state index in [2.05, 4.69) is 20.1 Å². The number of aromatic nitrogens is 3. The van der Waals surface area contributed by atoms with E-state index < -0.39 is 0 Å². The van der Waals surface area contributed by atoms with Gasteiger partial charge < -0.3 is 14.4 Å². The minimum absolute atomic E-state index is 0.0930. The first kappa shape index (κ1) is 15.9. The molecule has 4 heterocycles. The lowest BCUT2D eigenvalue weighted by atomic mass is 9.98. The van der Waals surface area contributed by atoms with Gasteiger partial charge in [0, 0.05) is 25.2 Å². The number of aryl methyl sites for hydroxylation is 2. The Kier molecular flexibility index (Phi) is 4.24. The molecule has 0 saturated carbocycles. The van der Waals surface area contributed by atoms with Crippen molar-refractivity contribution in [2.75, 3.05) is 24.6 Å². The molecule has 2 atom stereocenters. The van der Waals surface area contributed by atoms with Gasteiger partial charge in [0.2, 0.25) is 5.13 Å². The van der Waals surface area contributed by atoms with Gasteiger partial charge in [-0.05, 0) is 32.4 Å². The van der Waals surface area contributed by atoms with Crippen LogP contribution in [0, 0.1) is 13.8 Å². The molecule has 2 aliphatic heterocycles. The Morgan fingerprint density at radius 2 is 2.29 bits per heavy atom. The predicted molar refractivity (Wildman–Crippen MR) is 92.3 cm³/mol. The van der Waals surface area contributed by atoms with E-state index in [4.69, 9.17) is 9.47 Å². The molecule has 0 unspecified atom stereocenters. The molecule has 1 spiro atoms. The second kappa shape index (κ2) is 6.38. The fraction of sp³-hybridized carbons (Fsp3) is 0.588. The second-order valence-electron chi connectivity index (χ2n) is 6.68. The minimum Gasteiger partial charge on any atom is -0.370 e. The van der Waals surface area contributed by atoms with E-state index in [0.717, 1.165) is 47.5 Å². The number of pyridine rings is 1. The van der Waals surface area contributed by atoms with Crippen molar-refractivity contribution < 1.29 is 9.47 Å². The number of hydrogen-bond donors (Lipinski definition) is 0. The van der Waals surface area contributed by atoms with Gasteiger partial charge in [-0.3, -0.25) is 4.98 Å². The first-order chi connectivity index (χ1) is 11.6. The summed E-state index contributed by atoms with van der Waals surface area (Å²) < 4.78 is 12.2. The zero-order valence-corrected chi connectivity index (χ0v) is 14.9. The lowest BCUT2D eigenvalue weighted by Crippen LogP contribution is -2.33. The lowest BCUT2D eigenvalue weighted by molar-refractivity contribution is 0.00530. The topological polar surface area (TPSA) is 60.4 Å². The van der Waals surface area contributed by atoms with Crippen molar-refractivity contribution in [3.05, 3.63) is 34.6 Å². The third-order valence-corrected chi connectivity index (χ3v) is 5.59. The van der Waals surface area contributed by atoms with Crippen molar-refractivity contribution in [2.24, 2.45) is 0 Å². The maximum absolute atomic E-state index is 6.15. The van der Waals surface area contributed by atoms with Gasteiger partial charge in [0.1, 0.15) is 5.01 Å². The molecular weight excluding hydrogens is 324 g/mol. The molecule has 24 heavy (non-hydrogen) atoms. The van der Waals surface area contributed by atoms with Gasteiger partial charge >= 0.3 is 0 Å². The monoisotopic (exact) mass is 346 g/mol. The summed E-state index contributed by atoms with van der Waals surface area (Å²) in [6.07, 6.45) is 2.10. The molecule has 0 bridgehead atoms. The lowest BCUT2D eigenvalue weighted by Gasteiger charge is -2.22. The number of hydrogen-bond acceptors (Lipinski definition) is 7. The third-order valence-electron chi connectivity index (χ3n) is 4.69. The second-order valence-corrected chi connectivity index (χ2v) is 7.84. The van der Waals surface area contributed by atoms with E-state index in [1.54, 1.807) is 11.3 Å². The first-order valence-corrected chi connectivity index (χ1v) is 9.17. The predicted octanol–water partition coefficient (Wildman–Crippen LogP) is 2.50. The highest BCUT2D eigenvalue weighted by molar-refractivity contribution is 7.15. The van der Waals surface area contributed by atoms with E-state index in [0.29, 0.717) is 13.2 Å². The Balaban J connectivity index is 1.33. The van der Waals surface area contributed by atoms with Gasteiger partial charge in [-0.25, -0.2) is 0 Å². The highest BCUT2D eigenvalue weighted by atomic mass is 32.1. The number of rotatable bonds is 4. The normalized spacial score (nSPS) is 26.6. The van der Waals surface area contributed by atoms with Crippen LogP contribution in [0.3, 0.4) is 0 Å². The summed E-state index contributed by atoms with van der Waals surface area (Å²) in [6.45, 7) is 7.05. The highest BCUT2D eigenvalue weighted by Crippen LogP contribution is 2.38. The van der Waals surface area contributed by atoms with Gasteiger partial charge in [0.05, 0.1) is 30.6 Å². The fourth-order valence-corrected chi connectivity index (χ4v) is 4.21. The molecule has 2 aliphatic rings. The molecule has 4 rings (SSSR count). The Morgan fingerprint density at radius 1 is 1.38 bits per heavy atom. The van der Waals surface area contributed by atoms with Crippen molar-refractivity contribution in [2.45, 2.75) is 45.0 Å². The zero-order chi connectivity index (χ0) is 16.6. The number of anilines is 1. The van der Waals surface area contributed by atoms with Crippen LogP contribution in [0.1, 0.15) is 29.2 Å². The van der Waals surface area contributed by atoms with Crippen LogP contribution < -0.4 is 4.90 Å².